The van der Waals surface area contributed by atoms with Crippen molar-refractivity contribution in [3.05, 3.63) is 52.0 Å². The van der Waals surface area contributed by atoms with Crippen LogP contribution in [0.3, 0.4) is 0 Å². The Hall–Kier alpha value is -2.67. The number of aromatic nitrogens is 4. The number of rotatable bonds is 2. The quantitative estimate of drug-likeness (QED) is 0.696. The fourth-order valence-corrected chi connectivity index (χ4v) is 3.12. The monoisotopic (exact) mass is 356 g/mol. The van der Waals surface area contributed by atoms with E-state index in [-0.39, 0.29) is 5.56 Å². The number of anilines is 2. The molecule has 0 unspecified atom stereocenters. The number of halogens is 1. The standard InChI is InChI=1S/C17H17ClN6O/c1-22-17(25)9-13(10-20-22)23-4-6-24(7-5-23)16-11-19-15-8-12(18)2-3-14(15)21-16/h2-3,8-11H,4-7H2,1H3. The summed E-state index contributed by atoms with van der Waals surface area (Å²) in [5.74, 6) is 0.858. The van der Waals surface area contributed by atoms with E-state index in [1.54, 1.807) is 25.5 Å². The summed E-state index contributed by atoms with van der Waals surface area (Å²) in [6, 6.07) is 7.15. The van der Waals surface area contributed by atoms with Gasteiger partial charge in [0.15, 0.2) is 0 Å². The minimum absolute atomic E-state index is 0.0982. The van der Waals surface area contributed by atoms with Gasteiger partial charge in [0, 0.05) is 44.3 Å². The summed E-state index contributed by atoms with van der Waals surface area (Å²) < 4.78 is 1.33. The summed E-state index contributed by atoms with van der Waals surface area (Å²) in [5, 5.41) is 4.75. The van der Waals surface area contributed by atoms with Crippen LogP contribution in [0, 0.1) is 0 Å². The summed E-state index contributed by atoms with van der Waals surface area (Å²) in [5.41, 5.74) is 2.39. The zero-order valence-electron chi connectivity index (χ0n) is 13.8. The highest BCUT2D eigenvalue weighted by Crippen LogP contribution is 2.21. The Morgan fingerprint density at radius 3 is 2.52 bits per heavy atom. The van der Waals surface area contributed by atoms with Crippen molar-refractivity contribution in [3.63, 3.8) is 0 Å². The Bertz CT molecular complexity index is 980. The first-order valence-corrected chi connectivity index (χ1v) is 8.43. The van der Waals surface area contributed by atoms with Gasteiger partial charge in [0.2, 0.25) is 0 Å². The second kappa shape index (κ2) is 6.33. The second-order valence-electron chi connectivity index (χ2n) is 6.01. The highest BCUT2D eigenvalue weighted by Gasteiger charge is 2.19. The van der Waals surface area contributed by atoms with Crippen LogP contribution < -0.4 is 15.4 Å². The van der Waals surface area contributed by atoms with Gasteiger partial charge in [-0.05, 0) is 18.2 Å². The predicted octanol–water partition coefficient (Wildman–Crippen LogP) is 1.70. The van der Waals surface area contributed by atoms with Crippen molar-refractivity contribution < 1.29 is 0 Å². The van der Waals surface area contributed by atoms with Gasteiger partial charge in [-0.2, -0.15) is 5.10 Å². The molecule has 2 aromatic heterocycles. The SMILES string of the molecule is Cn1ncc(N2CCN(c3cnc4cc(Cl)ccc4n3)CC2)cc1=O. The first-order chi connectivity index (χ1) is 12.1. The highest BCUT2D eigenvalue weighted by molar-refractivity contribution is 6.31. The molecule has 0 spiro atoms. The third-order valence-electron chi connectivity index (χ3n) is 4.41. The highest BCUT2D eigenvalue weighted by atomic mass is 35.5. The minimum Gasteiger partial charge on any atom is -0.367 e. The van der Waals surface area contributed by atoms with E-state index < -0.39 is 0 Å². The summed E-state index contributed by atoms with van der Waals surface area (Å²) in [6.45, 7) is 3.22. The minimum atomic E-state index is -0.0982. The maximum Gasteiger partial charge on any atom is 0.268 e. The first-order valence-electron chi connectivity index (χ1n) is 8.06. The molecule has 7 nitrogen and oxygen atoms in total. The largest absolute Gasteiger partial charge is 0.367 e. The molecule has 0 amide bonds. The lowest BCUT2D eigenvalue weighted by atomic mass is 10.2. The van der Waals surface area contributed by atoms with Gasteiger partial charge in [0.1, 0.15) is 5.82 Å². The molecule has 1 saturated heterocycles. The Morgan fingerprint density at radius 2 is 1.76 bits per heavy atom. The summed E-state index contributed by atoms with van der Waals surface area (Å²) in [4.78, 5) is 25.3. The van der Waals surface area contributed by atoms with E-state index in [0.29, 0.717) is 5.02 Å². The third kappa shape index (κ3) is 3.15. The van der Waals surface area contributed by atoms with Crippen LogP contribution in [0.1, 0.15) is 0 Å². The molecule has 1 fully saturated rings. The van der Waals surface area contributed by atoms with Gasteiger partial charge in [0.25, 0.3) is 5.56 Å². The predicted molar refractivity (Wildman–Crippen MR) is 98.5 cm³/mol. The van der Waals surface area contributed by atoms with Crippen molar-refractivity contribution >= 4 is 34.1 Å². The van der Waals surface area contributed by atoms with Gasteiger partial charge in [-0.1, -0.05) is 11.6 Å². The third-order valence-corrected chi connectivity index (χ3v) is 4.65. The van der Waals surface area contributed by atoms with Gasteiger partial charge >= 0.3 is 0 Å². The Morgan fingerprint density at radius 1 is 1.00 bits per heavy atom. The number of piperazine rings is 1. The van der Waals surface area contributed by atoms with Crippen molar-refractivity contribution in [1.82, 2.24) is 19.7 Å². The number of nitrogens with zero attached hydrogens (tertiary/aromatic N) is 6. The average Bonchev–Trinajstić information content (AvgIpc) is 2.64. The molecule has 1 aromatic carbocycles. The topological polar surface area (TPSA) is 67.2 Å². The van der Waals surface area contributed by atoms with Gasteiger partial charge in [-0.3, -0.25) is 9.78 Å². The number of fused-ring (bicyclic) bond motifs is 1. The van der Waals surface area contributed by atoms with Crippen LogP contribution in [-0.2, 0) is 7.05 Å². The van der Waals surface area contributed by atoms with E-state index in [4.69, 9.17) is 11.6 Å². The van der Waals surface area contributed by atoms with Crippen molar-refractivity contribution in [2.45, 2.75) is 0 Å². The molecular weight excluding hydrogens is 340 g/mol. The molecule has 128 valence electrons. The molecule has 25 heavy (non-hydrogen) atoms. The molecule has 0 radical (unpaired) electrons. The lowest BCUT2D eigenvalue weighted by Gasteiger charge is -2.36. The molecule has 3 heterocycles. The summed E-state index contributed by atoms with van der Waals surface area (Å²) in [6.07, 6.45) is 3.52. The molecular formula is C17H17ClN6O. The van der Waals surface area contributed by atoms with E-state index >= 15 is 0 Å². The molecule has 1 aliphatic heterocycles. The maximum atomic E-state index is 11.8. The number of hydrogen-bond acceptors (Lipinski definition) is 6. The zero-order valence-corrected chi connectivity index (χ0v) is 14.5. The number of benzene rings is 1. The average molecular weight is 357 g/mol. The van der Waals surface area contributed by atoms with Crippen LogP contribution in [0.2, 0.25) is 5.02 Å². The zero-order chi connectivity index (χ0) is 17.4. The van der Waals surface area contributed by atoms with Gasteiger partial charge < -0.3 is 9.80 Å². The number of aryl methyl sites for hydroxylation is 1. The van der Waals surface area contributed by atoms with E-state index in [1.165, 1.54) is 4.68 Å². The van der Waals surface area contributed by atoms with Crippen molar-refractivity contribution in [2.24, 2.45) is 7.05 Å². The van der Waals surface area contributed by atoms with Crippen LogP contribution in [0.15, 0.2) is 41.5 Å². The van der Waals surface area contributed by atoms with Crippen LogP contribution in [0.5, 0.6) is 0 Å². The normalized spacial score (nSPS) is 15.0. The molecule has 1 aliphatic rings. The molecule has 0 bridgehead atoms. The summed E-state index contributed by atoms with van der Waals surface area (Å²) >= 11 is 5.99. The van der Waals surface area contributed by atoms with Gasteiger partial charge in [0.05, 0.1) is 29.1 Å². The molecule has 0 N–H and O–H groups in total. The van der Waals surface area contributed by atoms with Crippen LogP contribution in [0.25, 0.3) is 11.0 Å². The lowest BCUT2D eigenvalue weighted by Crippen LogP contribution is -2.47. The van der Waals surface area contributed by atoms with Crippen molar-refractivity contribution in [3.8, 4) is 0 Å². The second-order valence-corrected chi connectivity index (χ2v) is 6.45. The Kier molecular flexibility index (Phi) is 4.01. The smallest absolute Gasteiger partial charge is 0.268 e. The molecule has 0 saturated carbocycles. The van der Waals surface area contributed by atoms with E-state index in [0.717, 1.165) is 48.7 Å². The fraction of sp³-hybridized carbons (Fsp3) is 0.294. The first kappa shape index (κ1) is 15.8. The van der Waals surface area contributed by atoms with E-state index in [9.17, 15) is 4.79 Å². The van der Waals surface area contributed by atoms with E-state index in [2.05, 4.69) is 24.9 Å². The number of hydrogen-bond donors (Lipinski definition) is 0. The van der Waals surface area contributed by atoms with Crippen LogP contribution >= 0.6 is 11.6 Å². The molecule has 8 heteroatoms. The van der Waals surface area contributed by atoms with E-state index in [1.807, 2.05) is 18.2 Å². The fourth-order valence-electron chi connectivity index (χ4n) is 2.95. The maximum absolute atomic E-state index is 11.8. The van der Waals surface area contributed by atoms with Crippen molar-refractivity contribution in [1.29, 1.82) is 0 Å². The molecule has 0 aliphatic carbocycles. The van der Waals surface area contributed by atoms with Crippen LogP contribution in [0.4, 0.5) is 11.5 Å². The van der Waals surface area contributed by atoms with Crippen molar-refractivity contribution in [2.75, 3.05) is 36.0 Å². The molecule has 4 rings (SSSR count). The lowest BCUT2D eigenvalue weighted by molar-refractivity contribution is 0.638. The van der Waals surface area contributed by atoms with Crippen LogP contribution in [-0.4, -0.2) is 45.9 Å². The van der Waals surface area contributed by atoms with Gasteiger partial charge in [-0.25, -0.2) is 9.67 Å². The molecule has 0 atom stereocenters. The summed E-state index contributed by atoms with van der Waals surface area (Å²) in [7, 11) is 1.65. The Labute approximate surface area is 149 Å². The molecule has 3 aromatic rings. The Balaban J connectivity index is 1.50. The van der Waals surface area contributed by atoms with Gasteiger partial charge in [-0.15, -0.1) is 0 Å².